The number of hydrogen-bond acceptors (Lipinski definition) is 5. The third-order valence-electron chi connectivity index (χ3n) is 6.23. The number of ether oxygens (including phenoxy) is 2. The van der Waals surface area contributed by atoms with E-state index in [2.05, 4.69) is 22.5 Å². The van der Waals surface area contributed by atoms with Crippen LogP contribution in [0.3, 0.4) is 0 Å². The predicted octanol–water partition coefficient (Wildman–Crippen LogP) is 5.09. The van der Waals surface area contributed by atoms with Crippen molar-refractivity contribution >= 4 is 5.97 Å². The summed E-state index contributed by atoms with van der Waals surface area (Å²) < 4.78 is 11.7. The van der Waals surface area contributed by atoms with E-state index in [9.17, 15) is 9.90 Å². The molecule has 172 valence electrons. The van der Waals surface area contributed by atoms with E-state index in [1.54, 1.807) is 19.2 Å². The average molecular weight is 439 g/mol. The van der Waals surface area contributed by atoms with E-state index in [1.165, 1.54) is 0 Å². The van der Waals surface area contributed by atoms with Crippen molar-refractivity contribution in [1.29, 1.82) is 0 Å². The van der Waals surface area contributed by atoms with E-state index in [0.29, 0.717) is 18.7 Å². The number of likely N-dealkylation sites (tertiary alicyclic amines) is 1. The number of piperidine rings is 1. The van der Waals surface area contributed by atoms with Crippen molar-refractivity contribution in [3.05, 3.63) is 83.0 Å². The van der Waals surface area contributed by atoms with Gasteiger partial charge in [-0.3, -0.25) is 4.90 Å². The molecule has 0 saturated carbocycles. The van der Waals surface area contributed by atoms with Gasteiger partial charge in [0.25, 0.3) is 0 Å². The van der Waals surface area contributed by atoms with E-state index >= 15 is 0 Å². The van der Waals surface area contributed by atoms with E-state index in [1.807, 2.05) is 45.2 Å². The van der Waals surface area contributed by atoms with E-state index in [0.717, 1.165) is 47.7 Å². The van der Waals surface area contributed by atoms with Crippen molar-refractivity contribution in [2.75, 3.05) is 26.8 Å². The molecule has 1 saturated heterocycles. The summed E-state index contributed by atoms with van der Waals surface area (Å²) >= 11 is 0. The minimum Gasteiger partial charge on any atom is -0.496 e. The average Bonchev–Trinajstić information content (AvgIpc) is 2.80. The molecular formula is C26H34N2O4. The fourth-order valence-electron chi connectivity index (χ4n) is 4.66. The Morgan fingerprint density at radius 1 is 1.31 bits per heavy atom. The first-order valence-electron chi connectivity index (χ1n) is 11.2. The van der Waals surface area contributed by atoms with Gasteiger partial charge in [0.05, 0.1) is 18.8 Å². The number of benzene rings is 1. The maximum absolute atomic E-state index is 11.3. The van der Waals surface area contributed by atoms with Gasteiger partial charge in [-0.05, 0) is 51.3 Å². The van der Waals surface area contributed by atoms with Crippen LogP contribution in [0.2, 0.25) is 0 Å². The molecule has 1 fully saturated rings. The van der Waals surface area contributed by atoms with Crippen molar-refractivity contribution < 1.29 is 19.4 Å². The number of carboxylic acids is 1. The molecule has 6 heteroatoms. The normalized spacial score (nSPS) is 23.3. The third-order valence-corrected chi connectivity index (χ3v) is 6.23. The third kappa shape index (κ3) is 4.97. The highest BCUT2D eigenvalue weighted by Gasteiger charge is 2.33. The maximum Gasteiger partial charge on any atom is 0.335 e. The van der Waals surface area contributed by atoms with Gasteiger partial charge in [-0.15, -0.1) is 0 Å². The Morgan fingerprint density at radius 3 is 2.59 bits per heavy atom. The van der Waals surface area contributed by atoms with Crippen LogP contribution in [-0.2, 0) is 9.47 Å². The fourth-order valence-corrected chi connectivity index (χ4v) is 4.66. The number of carbonyl (C=O) groups is 1. The minimum absolute atomic E-state index is 0.121. The summed E-state index contributed by atoms with van der Waals surface area (Å²) in [6.45, 7) is 12.4. The molecule has 0 bridgehead atoms. The summed E-state index contributed by atoms with van der Waals surface area (Å²) in [5, 5.41) is 9.27. The van der Waals surface area contributed by atoms with Crippen LogP contribution in [0, 0.1) is 0 Å². The number of carboxylic acid groups (broad SMARTS) is 1. The highest BCUT2D eigenvalue weighted by molar-refractivity contribution is 5.87. The smallest absolute Gasteiger partial charge is 0.335 e. The summed E-state index contributed by atoms with van der Waals surface area (Å²) in [4.78, 5) is 15.8. The van der Waals surface area contributed by atoms with E-state index in [4.69, 9.17) is 9.47 Å². The minimum atomic E-state index is -0.911. The number of methoxy groups -OCH3 is 1. The molecule has 2 atom stereocenters. The van der Waals surface area contributed by atoms with Gasteiger partial charge in [-0.1, -0.05) is 24.8 Å². The number of rotatable bonds is 8. The van der Waals surface area contributed by atoms with E-state index in [-0.39, 0.29) is 12.1 Å². The topological polar surface area (TPSA) is 62.2 Å². The van der Waals surface area contributed by atoms with Crippen molar-refractivity contribution in [2.45, 2.75) is 45.8 Å². The van der Waals surface area contributed by atoms with Gasteiger partial charge in [0, 0.05) is 55.0 Å². The molecule has 32 heavy (non-hydrogen) atoms. The van der Waals surface area contributed by atoms with Gasteiger partial charge in [0.15, 0.2) is 0 Å². The highest BCUT2D eigenvalue weighted by atomic mass is 16.5. The second-order valence-corrected chi connectivity index (χ2v) is 8.07. The number of hydrogen-bond donors (Lipinski definition) is 1. The number of aromatic carboxylic acids is 1. The fraction of sp³-hybridized carbons (Fsp3) is 0.423. The summed E-state index contributed by atoms with van der Waals surface area (Å²) in [6, 6.07) is 7.35. The lowest BCUT2D eigenvalue weighted by atomic mass is 9.91. The Bertz CT molecular complexity index is 930. The Labute approximate surface area is 191 Å². The molecule has 6 nitrogen and oxygen atoms in total. The summed E-state index contributed by atoms with van der Waals surface area (Å²) in [7, 11) is 1.71. The summed E-state index contributed by atoms with van der Waals surface area (Å²) in [5.41, 5.74) is 4.65. The highest BCUT2D eigenvalue weighted by Crippen LogP contribution is 2.37. The second-order valence-electron chi connectivity index (χ2n) is 8.07. The number of nitrogens with zero attached hydrogens (tertiary/aromatic N) is 2. The quantitative estimate of drug-likeness (QED) is 0.610. The lowest BCUT2D eigenvalue weighted by Crippen LogP contribution is -2.42. The lowest BCUT2D eigenvalue weighted by Gasteiger charge is -2.41. The first-order valence-corrected chi connectivity index (χ1v) is 11.2. The van der Waals surface area contributed by atoms with Gasteiger partial charge in [0.2, 0.25) is 0 Å². The molecule has 0 aliphatic carbocycles. The van der Waals surface area contributed by atoms with Crippen molar-refractivity contribution in [2.24, 2.45) is 0 Å². The summed E-state index contributed by atoms with van der Waals surface area (Å²) in [6.07, 6.45) is 7.98. The number of allylic oxidation sites excluding steroid dienone is 3. The zero-order valence-corrected chi connectivity index (χ0v) is 19.5. The largest absolute Gasteiger partial charge is 0.496 e. The maximum atomic E-state index is 11.3. The van der Waals surface area contributed by atoms with Crippen LogP contribution in [0.15, 0.2) is 71.9 Å². The predicted molar refractivity (Wildman–Crippen MR) is 126 cm³/mol. The van der Waals surface area contributed by atoms with E-state index < -0.39 is 5.97 Å². The molecular weight excluding hydrogens is 404 g/mol. The van der Waals surface area contributed by atoms with Crippen LogP contribution in [0.4, 0.5) is 0 Å². The van der Waals surface area contributed by atoms with Crippen molar-refractivity contribution in [1.82, 2.24) is 9.80 Å². The van der Waals surface area contributed by atoms with Crippen molar-refractivity contribution in [3.63, 3.8) is 0 Å². The molecule has 2 aliphatic rings. The molecule has 0 aromatic heterocycles. The van der Waals surface area contributed by atoms with Gasteiger partial charge >= 0.3 is 5.97 Å². The Hall–Kier alpha value is -2.83. The van der Waals surface area contributed by atoms with Crippen LogP contribution in [0.1, 0.15) is 55.6 Å². The van der Waals surface area contributed by atoms with Crippen molar-refractivity contribution in [3.8, 4) is 0 Å². The van der Waals surface area contributed by atoms with Crippen LogP contribution < -0.4 is 0 Å². The van der Waals surface area contributed by atoms with Crippen LogP contribution in [0.25, 0.3) is 0 Å². The van der Waals surface area contributed by atoms with Gasteiger partial charge in [-0.2, -0.15) is 0 Å². The first kappa shape index (κ1) is 23.8. The molecule has 2 heterocycles. The molecule has 0 unspecified atom stereocenters. The standard InChI is InChI=1S/C26H34N2O4/c1-6-23-22(25(31-5)15-18(4)28(23)7-2)17-27-14-13-21(32-8-3)16-24(27)19-9-11-20(12-10-19)26(29)30/h6-7,9-12,15,21,24H,2,8,13-14,16-17H2,1,3-5H3,(H,29,30)/b23-6-/t21-,24-/m0/s1. The van der Waals surface area contributed by atoms with Gasteiger partial charge in [0.1, 0.15) is 5.76 Å². The molecule has 2 aliphatic heterocycles. The second kappa shape index (κ2) is 10.7. The molecule has 1 aromatic carbocycles. The Balaban J connectivity index is 1.96. The van der Waals surface area contributed by atoms with Gasteiger partial charge in [-0.25, -0.2) is 4.79 Å². The Kier molecular flexibility index (Phi) is 7.94. The van der Waals surface area contributed by atoms with Crippen LogP contribution in [0.5, 0.6) is 0 Å². The molecule has 0 radical (unpaired) electrons. The zero-order valence-electron chi connectivity index (χ0n) is 19.5. The molecule has 0 amide bonds. The summed E-state index contributed by atoms with van der Waals surface area (Å²) in [5.74, 6) is -0.0497. The zero-order chi connectivity index (χ0) is 23.3. The molecule has 1 N–H and O–H groups in total. The molecule has 0 spiro atoms. The van der Waals surface area contributed by atoms with Crippen LogP contribution in [-0.4, -0.2) is 53.8 Å². The lowest BCUT2D eigenvalue weighted by molar-refractivity contribution is -0.00861. The monoisotopic (exact) mass is 438 g/mol. The molecule has 1 aromatic rings. The molecule has 3 rings (SSSR count). The SMILES string of the molecule is C=CN1C(C)=CC(OC)=C(CN2CC[C@H](OCC)C[C@H]2c2ccc(C(=O)O)cc2)/C1=C/C. The Morgan fingerprint density at radius 2 is 2.03 bits per heavy atom. The van der Waals surface area contributed by atoms with Crippen LogP contribution >= 0.6 is 0 Å². The first-order chi connectivity index (χ1) is 15.4. The van der Waals surface area contributed by atoms with Gasteiger partial charge < -0.3 is 19.5 Å².